The topological polar surface area (TPSA) is 180 Å². The zero-order chi connectivity index (χ0) is 42.6. The summed E-state index contributed by atoms with van der Waals surface area (Å²) >= 11 is 1.39. The van der Waals surface area contributed by atoms with E-state index in [1.54, 1.807) is 61.2 Å². The fourth-order valence-electron chi connectivity index (χ4n) is 7.46. The van der Waals surface area contributed by atoms with Gasteiger partial charge in [0, 0.05) is 38.7 Å². The van der Waals surface area contributed by atoms with Gasteiger partial charge in [0.15, 0.2) is 36.4 Å². The molecule has 0 aliphatic carbocycles. The maximum atomic E-state index is 13.0. The fraction of sp³-hybridized carbons (Fsp3) is 0.634. The Bertz CT molecular complexity index is 1750. The van der Waals surface area contributed by atoms with Gasteiger partial charge in [-0.3, -0.25) is 14.4 Å². The van der Waals surface area contributed by atoms with Crippen molar-refractivity contribution < 1.29 is 80.7 Å². The summed E-state index contributed by atoms with van der Waals surface area (Å²) in [7, 11) is 4.64. The highest BCUT2D eigenvalue weighted by Gasteiger charge is 2.61. The quantitative estimate of drug-likeness (QED) is 0.131. The van der Waals surface area contributed by atoms with Gasteiger partial charge in [-0.1, -0.05) is 30.3 Å². The first-order valence-electron chi connectivity index (χ1n) is 19.3. The fourth-order valence-corrected chi connectivity index (χ4v) is 8.62. The normalized spacial score (nSPS) is 31.2. The lowest BCUT2D eigenvalue weighted by atomic mass is 9.97. The molecular formula is C41H54O17S. The van der Waals surface area contributed by atoms with Crippen LogP contribution in [0.25, 0.3) is 0 Å². The lowest BCUT2D eigenvalue weighted by Gasteiger charge is -2.46. The molecule has 0 radical (unpaired) electrons. The Kier molecular flexibility index (Phi) is 14.4. The average Bonchev–Trinajstić information content (AvgIpc) is 3.81. The van der Waals surface area contributed by atoms with Crippen LogP contribution in [-0.2, 0) is 66.5 Å². The third kappa shape index (κ3) is 10.8. The number of carbonyl (C=O) groups is 3. The molecule has 11 atom stereocenters. The Hall–Kier alpha value is -3.72. The summed E-state index contributed by atoms with van der Waals surface area (Å²) in [6.07, 6.45) is -11.3. The van der Waals surface area contributed by atoms with E-state index in [0.717, 1.165) is 5.56 Å². The van der Waals surface area contributed by atoms with E-state index in [9.17, 15) is 14.4 Å². The molecule has 59 heavy (non-hydrogen) atoms. The summed E-state index contributed by atoms with van der Waals surface area (Å²) in [5.74, 6) is -2.17. The number of hydrogen-bond acceptors (Lipinski definition) is 18. The molecule has 4 saturated heterocycles. The summed E-state index contributed by atoms with van der Waals surface area (Å²) in [5.41, 5.74) is 0.744. The van der Waals surface area contributed by atoms with Gasteiger partial charge < -0.3 is 66.3 Å². The monoisotopic (exact) mass is 850 g/mol. The van der Waals surface area contributed by atoms with Crippen LogP contribution in [0, 0.1) is 0 Å². The molecule has 0 unspecified atom stereocenters. The van der Waals surface area contributed by atoms with Crippen LogP contribution >= 0.6 is 11.8 Å². The minimum Gasteiger partial charge on any atom is -0.496 e. The van der Waals surface area contributed by atoms with Crippen LogP contribution < -0.4 is 14.2 Å². The number of esters is 3. The molecule has 4 aliphatic heterocycles. The van der Waals surface area contributed by atoms with Crippen LogP contribution in [0.15, 0.2) is 47.4 Å². The van der Waals surface area contributed by atoms with Crippen molar-refractivity contribution in [3.05, 3.63) is 48.0 Å². The van der Waals surface area contributed by atoms with Crippen molar-refractivity contribution in [2.24, 2.45) is 0 Å². The maximum absolute atomic E-state index is 13.0. The Morgan fingerprint density at radius 3 is 2.00 bits per heavy atom. The second-order valence-corrected chi connectivity index (χ2v) is 16.2. The van der Waals surface area contributed by atoms with Crippen LogP contribution in [0.1, 0.15) is 60.1 Å². The van der Waals surface area contributed by atoms with Gasteiger partial charge in [-0.05, 0) is 33.3 Å². The molecule has 2 aromatic carbocycles. The molecule has 18 heteroatoms. The van der Waals surface area contributed by atoms with Crippen LogP contribution in [0.5, 0.6) is 17.2 Å². The molecule has 0 amide bonds. The SMILES string of the molecule is COc1cc(OC)c(SC[C@@H](O[C@H]2[C@@H](O[C@@H]3[C@H]4OC(C)(C)O[C@H]4O[C@@H]3[C@H]3COC(C)(C)O3)O[C@H](COC(C)=O)[C@@H](OC(C)=O)[C@@H]2OC(C)=O)c2ccccc2)c(OC)c1. The van der Waals surface area contributed by atoms with Gasteiger partial charge in [0.25, 0.3) is 0 Å². The Balaban J connectivity index is 1.42. The molecule has 0 aromatic heterocycles. The molecule has 0 bridgehead atoms. The summed E-state index contributed by atoms with van der Waals surface area (Å²) in [6.45, 7) is 10.5. The van der Waals surface area contributed by atoms with Crippen molar-refractivity contribution >= 4 is 29.7 Å². The van der Waals surface area contributed by atoms with Crippen molar-refractivity contribution in [3.8, 4) is 17.2 Å². The maximum Gasteiger partial charge on any atom is 0.303 e. The molecule has 4 heterocycles. The van der Waals surface area contributed by atoms with E-state index in [4.69, 9.17) is 66.3 Å². The van der Waals surface area contributed by atoms with Crippen molar-refractivity contribution in [2.75, 3.05) is 40.3 Å². The third-order valence-electron chi connectivity index (χ3n) is 9.90. The number of ether oxygens (including phenoxy) is 14. The first-order chi connectivity index (χ1) is 28.0. The molecule has 0 spiro atoms. The number of fused-ring (bicyclic) bond motifs is 1. The lowest BCUT2D eigenvalue weighted by Crippen LogP contribution is -2.64. The zero-order valence-corrected chi connectivity index (χ0v) is 35.7. The van der Waals surface area contributed by atoms with Crippen LogP contribution in [0.2, 0.25) is 0 Å². The number of carbonyl (C=O) groups excluding carboxylic acids is 3. The molecule has 4 fully saturated rings. The molecule has 0 N–H and O–H groups in total. The predicted molar refractivity (Wildman–Crippen MR) is 206 cm³/mol. The molecule has 4 aliphatic rings. The van der Waals surface area contributed by atoms with Crippen LogP contribution in [-0.4, -0.2) is 131 Å². The van der Waals surface area contributed by atoms with E-state index in [1.807, 2.05) is 30.3 Å². The van der Waals surface area contributed by atoms with E-state index in [-0.39, 0.29) is 19.0 Å². The number of methoxy groups -OCH3 is 3. The molecular weight excluding hydrogens is 797 g/mol. The average molecular weight is 851 g/mol. The van der Waals surface area contributed by atoms with Crippen molar-refractivity contribution in [3.63, 3.8) is 0 Å². The van der Waals surface area contributed by atoms with Gasteiger partial charge in [0.2, 0.25) is 0 Å². The van der Waals surface area contributed by atoms with E-state index < -0.39 is 97.0 Å². The van der Waals surface area contributed by atoms with Gasteiger partial charge >= 0.3 is 17.9 Å². The lowest BCUT2D eigenvalue weighted by molar-refractivity contribution is -0.338. The smallest absolute Gasteiger partial charge is 0.303 e. The number of hydrogen-bond donors (Lipinski definition) is 0. The van der Waals surface area contributed by atoms with Crippen LogP contribution in [0.4, 0.5) is 0 Å². The van der Waals surface area contributed by atoms with Crippen molar-refractivity contribution in [2.45, 2.75) is 132 Å². The predicted octanol–water partition coefficient (Wildman–Crippen LogP) is 4.50. The molecule has 2 aromatic rings. The molecule has 0 saturated carbocycles. The summed E-state index contributed by atoms with van der Waals surface area (Å²) in [5, 5.41) is 0. The molecule has 6 rings (SSSR count). The van der Waals surface area contributed by atoms with E-state index in [0.29, 0.717) is 22.1 Å². The number of thioether (sulfide) groups is 1. The minimum atomic E-state index is -1.40. The second kappa shape index (κ2) is 18.9. The largest absolute Gasteiger partial charge is 0.496 e. The highest BCUT2D eigenvalue weighted by atomic mass is 32.2. The van der Waals surface area contributed by atoms with Crippen molar-refractivity contribution in [1.29, 1.82) is 0 Å². The van der Waals surface area contributed by atoms with Gasteiger partial charge in [0.1, 0.15) is 60.5 Å². The van der Waals surface area contributed by atoms with Gasteiger partial charge in [-0.25, -0.2) is 0 Å². The van der Waals surface area contributed by atoms with Crippen molar-refractivity contribution in [1.82, 2.24) is 0 Å². The van der Waals surface area contributed by atoms with E-state index in [2.05, 4.69) is 0 Å². The van der Waals surface area contributed by atoms with Gasteiger partial charge in [-0.15, -0.1) is 11.8 Å². The standard InChI is InChI=1S/C41H54O17S/c1-21(42)48-18-28-31(50-22(2)43)33(51-23(3)44)35(38(53-28)55-34-32(29-19-49-40(4,5)56-29)54-39-36(34)57-41(6,7)58-39)52-30(24-14-12-11-13-15-24)20-59-37-26(46-9)16-25(45-8)17-27(37)47-10/h11-17,28-36,38-39H,18-20H2,1-10H3/t28-,29-,30-,31-,32-,33+,34+,35-,36-,38-,39-/m1/s1. The highest BCUT2D eigenvalue weighted by Crippen LogP contribution is 2.46. The highest BCUT2D eigenvalue weighted by molar-refractivity contribution is 7.99. The first kappa shape index (κ1) is 44.8. The Morgan fingerprint density at radius 2 is 1.42 bits per heavy atom. The Labute approximate surface area is 347 Å². The second-order valence-electron chi connectivity index (χ2n) is 15.2. The molecule has 17 nitrogen and oxygen atoms in total. The molecule has 326 valence electrons. The third-order valence-corrected chi connectivity index (χ3v) is 11.1. The van der Waals surface area contributed by atoms with E-state index >= 15 is 0 Å². The van der Waals surface area contributed by atoms with E-state index in [1.165, 1.54) is 32.5 Å². The summed E-state index contributed by atoms with van der Waals surface area (Å²) in [6, 6.07) is 12.9. The van der Waals surface area contributed by atoms with Crippen LogP contribution in [0.3, 0.4) is 0 Å². The number of rotatable bonds is 16. The summed E-state index contributed by atoms with van der Waals surface area (Å²) < 4.78 is 85.7. The van der Waals surface area contributed by atoms with Gasteiger partial charge in [-0.2, -0.15) is 0 Å². The zero-order valence-electron chi connectivity index (χ0n) is 34.9. The number of benzene rings is 2. The minimum absolute atomic E-state index is 0.178. The summed E-state index contributed by atoms with van der Waals surface area (Å²) in [4.78, 5) is 38.4. The first-order valence-corrected chi connectivity index (χ1v) is 20.2. The Morgan fingerprint density at radius 1 is 0.763 bits per heavy atom. The van der Waals surface area contributed by atoms with Gasteiger partial charge in [0.05, 0.1) is 38.9 Å².